The Morgan fingerprint density at radius 1 is 1.09 bits per heavy atom. The highest BCUT2D eigenvalue weighted by Crippen LogP contribution is 2.21. The Bertz CT molecular complexity index is 681. The molecule has 0 heterocycles. The van der Waals surface area contributed by atoms with Gasteiger partial charge < -0.3 is 5.11 Å². The van der Waals surface area contributed by atoms with Gasteiger partial charge in [0, 0.05) is 0 Å². The Kier molecular flexibility index (Phi) is 5.16. The summed E-state index contributed by atoms with van der Waals surface area (Å²) in [6.45, 7) is 6.50. The number of hydrazone groups is 1. The molecule has 2 N–H and O–H groups in total. The maximum atomic E-state index is 11.8. The fourth-order valence-corrected chi connectivity index (χ4v) is 2.09. The number of benzene rings is 2. The van der Waals surface area contributed by atoms with Crippen molar-refractivity contribution in [3.05, 3.63) is 65.2 Å². The van der Waals surface area contributed by atoms with E-state index in [2.05, 4.69) is 43.4 Å². The summed E-state index contributed by atoms with van der Waals surface area (Å²) >= 11 is 0. The van der Waals surface area contributed by atoms with Crippen molar-refractivity contribution in [2.24, 2.45) is 5.10 Å². The summed E-state index contributed by atoms with van der Waals surface area (Å²) in [7, 11) is 0. The molecule has 0 aliphatic rings. The molecule has 120 valence electrons. The molecule has 0 aliphatic heterocycles. The van der Waals surface area contributed by atoms with Gasteiger partial charge >= 0.3 is 0 Å². The van der Waals surface area contributed by atoms with Gasteiger partial charge in [0.15, 0.2) is 0 Å². The van der Waals surface area contributed by atoms with E-state index in [0.717, 1.165) is 11.1 Å². The van der Waals surface area contributed by atoms with Crippen molar-refractivity contribution in [2.45, 2.75) is 32.6 Å². The van der Waals surface area contributed by atoms with Crippen LogP contribution in [0.1, 0.15) is 37.5 Å². The number of amides is 1. The molecule has 4 nitrogen and oxygen atoms in total. The highest BCUT2D eigenvalue weighted by molar-refractivity contribution is 5.83. The van der Waals surface area contributed by atoms with E-state index in [-0.39, 0.29) is 23.5 Å². The van der Waals surface area contributed by atoms with E-state index in [0.29, 0.717) is 0 Å². The lowest BCUT2D eigenvalue weighted by Gasteiger charge is -2.18. The Morgan fingerprint density at radius 3 is 2.26 bits per heavy atom. The molecule has 0 atom stereocenters. The summed E-state index contributed by atoms with van der Waals surface area (Å²) in [6, 6.07) is 14.6. The lowest BCUT2D eigenvalue weighted by Crippen LogP contribution is -2.19. The molecular formula is C19H22N2O2. The van der Waals surface area contributed by atoms with Crippen LogP contribution in [-0.4, -0.2) is 17.2 Å². The lowest BCUT2D eigenvalue weighted by molar-refractivity contribution is -0.120. The molecule has 2 aromatic carbocycles. The third-order valence-electron chi connectivity index (χ3n) is 3.48. The van der Waals surface area contributed by atoms with Crippen LogP contribution in [0.5, 0.6) is 5.75 Å². The molecular weight excluding hydrogens is 288 g/mol. The van der Waals surface area contributed by atoms with Gasteiger partial charge in [0.05, 0.1) is 12.6 Å². The van der Waals surface area contributed by atoms with Gasteiger partial charge in [-0.3, -0.25) is 4.79 Å². The normalized spacial score (nSPS) is 11.6. The summed E-state index contributed by atoms with van der Waals surface area (Å²) in [5, 5.41) is 13.2. The Labute approximate surface area is 136 Å². The fraction of sp³-hybridized carbons (Fsp3) is 0.263. The van der Waals surface area contributed by atoms with Crippen LogP contribution < -0.4 is 5.43 Å². The molecule has 23 heavy (non-hydrogen) atoms. The van der Waals surface area contributed by atoms with Crippen molar-refractivity contribution in [3.63, 3.8) is 0 Å². The predicted molar refractivity (Wildman–Crippen MR) is 92.7 cm³/mol. The molecule has 0 radical (unpaired) electrons. The molecule has 0 fully saturated rings. The average molecular weight is 310 g/mol. The van der Waals surface area contributed by atoms with E-state index in [9.17, 15) is 9.90 Å². The van der Waals surface area contributed by atoms with Gasteiger partial charge in [-0.2, -0.15) is 5.10 Å². The van der Waals surface area contributed by atoms with Crippen LogP contribution in [0.3, 0.4) is 0 Å². The maximum absolute atomic E-state index is 11.8. The predicted octanol–water partition coefficient (Wildman–Crippen LogP) is 3.38. The number of nitrogens with zero attached hydrogens (tertiary/aromatic N) is 1. The highest BCUT2D eigenvalue weighted by Gasteiger charge is 2.12. The molecule has 0 bridgehead atoms. The second-order valence-corrected chi connectivity index (χ2v) is 6.51. The van der Waals surface area contributed by atoms with Gasteiger partial charge in [-0.25, -0.2) is 5.43 Å². The number of phenols is 1. The number of hydrogen-bond acceptors (Lipinski definition) is 3. The Balaban J connectivity index is 1.88. The number of carbonyl (C=O) groups excluding carboxylic acids is 1. The summed E-state index contributed by atoms with van der Waals surface area (Å²) in [4.78, 5) is 11.8. The van der Waals surface area contributed by atoms with E-state index in [1.807, 2.05) is 12.1 Å². The van der Waals surface area contributed by atoms with Crippen molar-refractivity contribution in [3.8, 4) is 5.75 Å². The zero-order chi connectivity index (χ0) is 16.9. The van der Waals surface area contributed by atoms with Crippen LogP contribution in [0.25, 0.3) is 0 Å². The molecule has 2 aromatic rings. The number of rotatable bonds is 4. The lowest BCUT2D eigenvalue weighted by atomic mass is 9.87. The first-order valence-corrected chi connectivity index (χ1v) is 7.55. The molecule has 0 aromatic heterocycles. The van der Waals surface area contributed by atoms with Gasteiger partial charge in [-0.1, -0.05) is 57.2 Å². The second kappa shape index (κ2) is 7.09. The Morgan fingerprint density at radius 2 is 1.70 bits per heavy atom. The van der Waals surface area contributed by atoms with Crippen LogP contribution in [0.15, 0.2) is 53.6 Å². The first kappa shape index (κ1) is 16.7. The van der Waals surface area contributed by atoms with E-state index in [4.69, 9.17) is 0 Å². The van der Waals surface area contributed by atoms with Crippen LogP contribution >= 0.6 is 0 Å². The molecule has 0 saturated heterocycles. The number of phenolic OH excluding ortho intramolecular Hbond substituents is 1. The van der Waals surface area contributed by atoms with E-state index >= 15 is 0 Å². The van der Waals surface area contributed by atoms with Crippen molar-refractivity contribution >= 4 is 12.1 Å². The molecule has 0 aliphatic carbocycles. The minimum absolute atomic E-state index is 0.119. The van der Waals surface area contributed by atoms with Crippen LogP contribution in [-0.2, 0) is 16.6 Å². The van der Waals surface area contributed by atoms with Crippen LogP contribution in [0.2, 0.25) is 0 Å². The standard InChI is InChI=1S/C19H22N2O2/c1-19(2,3)16-8-4-15(5-9-16)13-20-21-18(23)12-14-6-10-17(22)11-7-14/h4-11,13,22H,12H2,1-3H3,(H,21,23)/b20-13-. The zero-order valence-corrected chi connectivity index (χ0v) is 13.7. The Hall–Kier alpha value is -2.62. The second-order valence-electron chi connectivity index (χ2n) is 6.51. The first-order valence-electron chi connectivity index (χ1n) is 7.55. The van der Waals surface area contributed by atoms with E-state index in [1.54, 1.807) is 30.5 Å². The zero-order valence-electron chi connectivity index (χ0n) is 13.7. The van der Waals surface area contributed by atoms with Gasteiger partial charge in [0.2, 0.25) is 5.91 Å². The molecule has 2 rings (SSSR count). The smallest absolute Gasteiger partial charge is 0.244 e. The van der Waals surface area contributed by atoms with Crippen molar-refractivity contribution in [2.75, 3.05) is 0 Å². The van der Waals surface area contributed by atoms with Gasteiger partial charge in [0.1, 0.15) is 5.75 Å². The fourth-order valence-electron chi connectivity index (χ4n) is 2.09. The average Bonchev–Trinajstić information content (AvgIpc) is 2.49. The quantitative estimate of drug-likeness (QED) is 0.672. The van der Waals surface area contributed by atoms with Gasteiger partial charge in [-0.05, 0) is 34.2 Å². The molecule has 0 unspecified atom stereocenters. The number of carbonyl (C=O) groups is 1. The molecule has 1 amide bonds. The number of aromatic hydroxyl groups is 1. The molecule has 4 heteroatoms. The maximum Gasteiger partial charge on any atom is 0.244 e. The summed E-state index contributed by atoms with van der Waals surface area (Å²) in [6.07, 6.45) is 1.85. The summed E-state index contributed by atoms with van der Waals surface area (Å²) in [5.41, 5.74) is 5.64. The van der Waals surface area contributed by atoms with Crippen LogP contribution in [0.4, 0.5) is 0 Å². The topological polar surface area (TPSA) is 61.7 Å². The number of nitrogens with one attached hydrogen (secondary N) is 1. The van der Waals surface area contributed by atoms with Crippen molar-refractivity contribution < 1.29 is 9.90 Å². The monoisotopic (exact) mass is 310 g/mol. The minimum Gasteiger partial charge on any atom is -0.508 e. The molecule has 0 saturated carbocycles. The third-order valence-corrected chi connectivity index (χ3v) is 3.48. The first-order chi connectivity index (χ1) is 10.8. The largest absolute Gasteiger partial charge is 0.508 e. The number of hydrogen-bond donors (Lipinski definition) is 2. The minimum atomic E-state index is -0.196. The van der Waals surface area contributed by atoms with Gasteiger partial charge in [0.25, 0.3) is 0 Å². The van der Waals surface area contributed by atoms with Crippen molar-refractivity contribution in [1.82, 2.24) is 5.43 Å². The van der Waals surface area contributed by atoms with Crippen molar-refractivity contribution in [1.29, 1.82) is 0 Å². The molecule has 0 spiro atoms. The van der Waals surface area contributed by atoms with Gasteiger partial charge in [-0.15, -0.1) is 0 Å². The van der Waals surface area contributed by atoms with E-state index < -0.39 is 0 Å². The SMILES string of the molecule is CC(C)(C)c1ccc(/C=N\NC(=O)Cc2ccc(O)cc2)cc1. The summed E-state index contributed by atoms with van der Waals surface area (Å²) < 4.78 is 0. The highest BCUT2D eigenvalue weighted by atomic mass is 16.3. The van der Waals surface area contributed by atoms with E-state index in [1.165, 1.54) is 5.56 Å². The van der Waals surface area contributed by atoms with Crippen LogP contribution in [0, 0.1) is 0 Å². The third kappa shape index (κ3) is 5.25. The summed E-state index contributed by atoms with van der Waals surface area (Å²) in [5.74, 6) is -0.0101.